The summed E-state index contributed by atoms with van der Waals surface area (Å²) in [6, 6.07) is 11.4. The van der Waals surface area contributed by atoms with Crippen LogP contribution >= 0.6 is 23.2 Å². The summed E-state index contributed by atoms with van der Waals surface area (Å²) in [6.45, 7) is 0. The first-order valence-electron chi connectivity index (χ1n) is 5.75. The van der Waals surface area contributed by atoms with Gasteiger partial charge in [-0.15, -0.1) is 0 Å². The number of hydrogen-bond donors (Lipinski definition) is 0. The van der Waals surface area contributed by atoms with Crippen LogP contribution in [0.15, 0.2) is 42.5 Å². The Balaban J connectivity index is 2.08. The predicted molar refractivity (Wildman–Crippen MR) is 75.3 cm³/mol. The highest BCUT2D eigenvalue weighted by atomic mass is 35.5. The zero-order valence-electron chi connectivity index (χ0n) is 10.00. The van der Waals surface area contributed by atoms with Crippen molar-refractivity contribution in [1.29, 1.82) is 0 Å². The van der Waals surface area contributed by atoms with Gasteiger partial charge in [0.25, 0.3) is 0 Å². The van der Waals surface area contributed by atoms with Gasteiger partial charge in [0.15, 0.2) is 0 Å². The van der Waals surface area contributed by atoms with E-state index < -0.39 is 5.82 Å². The van der Waals surface area contributed by atoms with E-state index in [1.54, 1.807) is 24.3 Å². The Morgan fingerprint density at radius 2 is 1.68 bits per heavy atom. The number of hydrogen-bond acceptors (Lipinski definition) is 1. The van der Waals surface area contributed by atoms with Crippen LogP contribution < -0.4 is 0 Å². The van der Waals surface area contributed by atoms with Crippen LogP contribution in [0.4, 0.5) is 4.39 Å². The number of Topliss-reactive ketones (excluding diaryl/α,β-unsaturated/α-hetero) is 1. The standard InChI is InChI=1S/C15H11Cl2FO/c16-12-6-5-11(15(18)9-12)8-13(19)7-10-3-1-2-4-14(10)17/h1-6,9H,7-8H2. The van der Waals surface area contributed by atoms with Gasteiger partial charge in [0, 0.05) is 22.9 Å². The summed E-state index contributed by atoms with van der Waals surface area (Å²) >= 11 is 11.6. The molecule has 0 bridgehead atoms. The topological polar surface area (TPSA) is 17.1 Å². The van der Waals surface area contributed by atoms with E-state index in [1.807, 2.05) is 6.07 Å². The van der Waals surface area contributed by atoms with E-state index in [0.717, 1.165) is 5.56 Å². The summed E-state index contributed by atoms with van der Waals surface area (Å²) in [5.41, 5.74) is 1.10. The fourth-order valence-corrected chi connectivity index (χ4v) is 2.16. The molecule has 0 aromatic heterocycles. The molecule has 0 aliphatic carbocycles. The molecular formula is C15H11Cl2FO. The molecule has 19 heavy (non-hydrogen) atoms. The van der Waals surface area contributed by atoms with Gasteiger partial charge in [0.1, 0.15) is 11.6 Å². The van der Waals surface area contributed by atoms with Gasteiger partial charge in [0.05, 0.1) is 0 Å². The molecule has 0 aliphatic heterocycles. The molecule has 0 radical (unpaired) electrons. The minimum atomic E-state index is -0.458. The maximum atomic E-state index is 13.6. The molecule has 0 spiro atoms. The lowest BCUT2D eigenvalue weighted by Crippen LogP contribution is -2.08. The van der Waals surface area contributed by atoms with E-state index in [9.17, 15) is 9.18 Å². The van der Waals surface area contributed by atoms with Gasteiger partial charge >= 0.3 is 0 Å². The first kappa shape index (κ1) is 14.0. The molecule has 2 rings (SSSR count). The number of benzene rings is 2. The molecule has 0 fully saturated rings. The molecule has 4 heteroatoms. The largest absolute Gasteiger partial charge is 0.299 e. The molecule has 0 saturated carbocycles. The molecule has 0 aliphatic rings. The highest BCUT2D eigenvalue weighted by molar-refractivity contribution is 6.31. The van der Waals surface area contributed by atoms with Crippen molar-refractivity contribution in [3.05, 3.63) is 69.5 Å². The van der Waals surface area contributed by atoms with Crippen LogP contribution in [0.25, 0.3) is 0 Å². The Kier molecular flexibility index (Phi) is 4.56. The van der Waals surface area contributed by atoms with Gasteiger partial charge in [0.2, 0.25) is 0 Å². The summed E-state index contributed by atoms with van der Waals surface area (Å²) in [5, 5.41) is 0.868. The van der Waals surface area contributed by atoms with E-state index in [2.05, 4.69) is 0 Å². The number of carbonyl (C=O) groups excluding carboxylic acids is 1. The van der Waals surface area contributed by atoms with Gasteiger partial charge < -0.3 is 0 Å². The third kappa shape index (κ3) is 3.79. The van der Waals surface area contributed by atoms with Crippen molar-refractivity contribution in [2.24, 2.45) is 0 Å². The molecule has 0 saturated heterocycles. The summed E-state index contributed by atoms with van der Waals surface area (Å²) in [4.78, 5) is 11.9. The van der Waals surface area contributed by atoms with E-state index in [1.165, 1.54) is 12.1 Å². The number of rotatable bonds is 4. The molecule has 0 N–H and O–H groups in total. The lowest BCUT2D eigenvalue weighted by Gasteiger charge is -2.05. The van der Waals surface area contributed by atoms with Crippen LogP contribution in [0, 0.1) is 5.82 Å². The average molecular weight is 297 g/mol. The normalized spacial score (nSPS) is 10.5. The van der Waals surface area contributed by atoms with E-state index in [0.29, 0.717) is 15.6 Å². The Morgan fingerprint density at radius 3 is 2.37 bits per heavy atom. The third-order valence-corrected chi connectivity index (χ3v) is 3.35. The molecular weight excluding hydrogens is 286 g/mol. The van der Waals surface area contributed by atoms with Crippen LogP contribution in [0.3, 0.4) is 0 Å². The van der Waals surface area contributed by atoms with Crippen molar-refractivity contribution < 1.29 is 9.18 Å². The molecule has 98 valence electrons. The molecule has 2 aromatic rings. The molecule has 0 atom stereocenters. The van der Waals surface area contributed by atoms with Crippen molar-refractivity contribution in [3.8, 4) is 0 Å². The van der Waals surface area contributed by atoms with Crippen LogP contribution in [0.5, 0.6) is 0 Å². The number of ketones is 1. The van der Waals surface area contributed by atoms with Gasteiger partial charge in [-0.2, -0.15) is 0 Å². The summed E-state index contributed by atoms with van der Waals surface area (Å²) in [5.74, 6) is -0.547. The summed E-state index contributed by atoms with van der Waals surface area (Å²) in [6.07, 6.45) is 0.232. The zero-order chi connectivity index (χ0) is 13.8. The number of halogens is 3. The molecule has 0 heterocycles. The van der Waals surface area contributed by atoms with Gasteiger partial charge in [-0.25, -0.2) is 4.39 Å². The summed E-state index contributed by atoms with van der Waals surface area (Å²) < 4.78 is 13.6. The van der Waals surface area contributed by atoms with Crippen molar-refractivity contribution in [3.63, 3.8) is 0 Å². The molecule has 0 unspecified atom stereocenters. The highest BCUT2D eigenvalue weighted by Gasteiger charge is 2.11. The fraction of sp³-hybridized carbons (Fsp3) is 0.133. The molecule has 0 amide bonds. The van der Waals surface area contributed by atoms with Crippen molar-refractivity contribution in [2.75, 3.05) is 0 Å². The Morgan fingerprint density at radius 1 is 1.00 bits per heavy atom. The average Bonchev–Trinajstić information content (AvgIpc) is 2.36. The molecule has 1 nitrogen and oxygen atoms in total. The first-order valence-corrected chi connectivity index (χ1v) is 6.51. The molecule has 2 aromatic carbocycles. The van der Waals surface area contributed by atoms with E-state index in [-0.39, 0.29) is 18.6 Å². The van der Waals surface area contributed by atoms with E-state index >= 15 is 0 Å². The van der Waals surface area contributed by atoms with Crippen LogP contribution in [0.2, 0.25) is 10.0 Å². The maximum Gasteiger partial charge on any atom is 0.141 e. The van der Waals surface area contributed by atoms with Crippen LogP contribution in [-0.4, -0.2) is 5.78 Å². The van der Waals surface area contributed by atoms with E-state index in [4.69, 9.17) is 23.2 Å². The minimum Gasteiger partial charge on any atom is -0.299 e. The van der Waals surface area contributed by atoms with Gasteiger partial charge in [-0.05, 0) is 29.3 Å². The second-order valence-electron chi connectivity index (χ2n) is 4.22. The first-order chi connectivity index (χ1) is 9.06. The Bertz CT molecular complexity index is 611. The van der Waals surface area contributed by atoms with Crippen molar-refractivity contribution in [1.82, 2.24) is 0 Å². The second kappa shape index (κ2) is 6.18. The van der Waals surface area contributed by atoms with Crippen molar-refractivity contribution >= 4 is 29.0 Å². The SMILES string of the molecule is O=C(Cc1ccc(Cl)cc1F)Cc1ccccc1Cl. The lowest BCUT2D eigenvalue weighted by molar-refractivity contribution is -0.117. The van der Waals surface area contributed by atoms with Gasteiger partial charge in [-0.1, -0.05) is 47.5 Å². The predicted octanol–water partition coefficient (Wildman–Crippen LogP) is 4.49. The minimum absolute atomic E-state index is 0.0359. The Hall–Kier alpha value is -1.38. The quantitative estimate of drug-likeness (QED) is 0.812. The number of carbonyl (C=O) groups is 1. The summed E-state index contributed by atoms with van der Waals surface area (Å²) in [7, 11) is 0. The Labute approximate surface area is 121 Å². The zero-order valence-corrected chi connectivity index (χ0v) is 11.5. The maximum absolute atomic E-state index is 13.6. The third-order valence-electron chi connectivity index (χ3n) is 2.75. The van der Waals surface area contributed by atoms with Crippen LogP contribution in [0.1, 0.15) is 11.1 Å². The van der Waals surface area contributed by atoms with Gasteiger partial charge in [-0.3, -0.25) is 4.79 Å². The van der Waals surface area contributed by atoms with Crippen molar-refractivity contribution in [2.45, 2.75) is 12.8 Å². The van der Waals surface area contributed by atoms with Crippen LogP contribution in [-0.2, 0) is 17.6 Å². The lowest BCUT2D eigenvalue weighted by atomic mass is 10.0. The fourth-order valence-electron chi connectivity index (χ4n) is 1.79. The smallest absolute Gasteiger partial charge is 0.141 e. The second-order valence-corrected chi connectivity index (χ2v) is 5.06. The monoisotopic (exact) mass is 296 g/mol. The highest BCUT2D eigenvalue weighted by Crippen LogP contribution is 2.18.